The second kappa shape index (κ2) is 7.89. The highest BCUT2D eigenvalue weighted by Crippen LogP contribution is 2.21. The van der Waals surface area contributed by atoms with Crippen LogP contribution in [0.2, 0.25) is 0 Å². The van der Waals surface area contributed by atoms with Crippen molar-refractivity contribution in [3.8, 4) is 0 Å². The molecule has 2 aromatic rings. The minimum absolute atomic E-state index is 0.0873. The van der Waals surface area contributed by atoms with Gasteiger partial charge in [-0.05, 0) is 30.5 Å². The summed E-state index contributed by atoms with van der Waals surface area (Å²) in [6.07, 6.45) is 3.91. The van der Waals surface area contributed by atoms with Gasteiger partial charge in [-0.25, -0.2) is 17.4 Å². The maximum atomic E-state index is 12.5. The number of carbonyl (C=O) groups is 1. The molecule has 1 aliphatic heterocycles. The number of amides is 1. The van der Waals surface area contributed by atoms with Gasteiger partial charge < -0.3 is 5.32 Å². The molecule has 1 aromatic carbocycles. The second-order valence-electron chi connectivity index (χ2n) is 6.43. The topological polar surface area (TPSA) is 84.3 Å². The van der Waals surface area contributed by atoms with E-state index in [9.17, 15) is 13.2 Å². The molecule has 2 heterocycles. The fourth-order valence-electron chi connectivity index (χ4n) is 3.01. The van der Waals surface area contributed by atoms with E-state index in [4.69, 9.17) is 0 Å². The third kappa shape index (κ3) is 4.72. The molecule has 0 saturated carbocycles. The Morgan fingerprint density at radius 2 is 1.88 bits per heavy atom. The predicted molar refractivity (Wildman–Crippen MR) is 103 cm³/mol. The third-order valence-corrected chi connectivity index (χ3v) is 6.34. The lowest BCUT2D eigenvalue weighted by molar-refractivity contribution is -0.121. The summed E-state index contributed by atoms with van der Waals surface area (Å²) in [6.45, 7) is 1.33. The Morgan fingerprint density at radius 3 is 2.50 bits per heavy atom. The minimum atomic E-state index is -3.19. The molecular formula is C17H21BrN4O3S. The lowest BCUT2D eigenvalue weighted by Crippen LogP contribution is -2.41. The second-order valence-corrected chi connectivity index (χ2v) is 9.32. The van der Waals surface area contributed by atoms with Gasteiger partial charge in [0.05, 0.1) is 19.0 Å². The van der Waals surface area contributed by atoms with Crippen LogP contribution in [0.5, 0.6) is 0 Å². The molecule has 0 atom stereocenters. The predicted octanol–water partition coefficient (Wildman–Crippen LogP) is 2.30. The molecule has 0 unspecified atom stereocenters. The van der Waals surface area contributed by atoms with Crippen LogP contribution >= 0.6 is 15.9 Å². The zero-order valence-corrected chi connectivity index (χ0v) is 16.8. The van der Waals surface area contributed by atoms with Crippen LogP contribution in [0.3, 0.4) is 0 Å². The Morgan fingerprint density at radius 1 is 1.23 bits per heavy atom. The summed E-state index contributed by atoms with van der Waals surface area (Å²) in [5.41, 5.74) is 1.08. The lowest BCUT2D eigenvalue weighted by atomic mass is 9.97. The van der Waals surface area contributed by atoms with Gasteiger partial charge in [0.25, 0.3) is 0 Å². The van der Waals surface area contributed by atoms with Gasteiger partial charge in [0.15, 0.2) is 0 Å². The Labute approximate surface area is 161 Å². The molecule has 0 aliphatic carbocycles. The van der Waals surface area contributed by atoms with Gasteiger partial charge in [0.2, 0.25) is 15.9 Å². The number of aromatic nitrogens is 2. The van der Waals surface area contributed by atoms with Crippen LogP contribution < -0.4 is 5.32 Å². The number of anilines is 1. The number of sulfonamides is 1. The van der Waals surface area contributed by atoms with Crippen molar-refractivity contribution in [2.75, 3.05) is 24.7 Å². The van der Waals surface area contributed by atoms with Gasteiger partial charge in [0, 0.05) is 29.5 Å². The van der Waals surface area contributed by atoms with Crippen molar-refractivity contribution < 1.29 is 13.2 Å². The summed E-state index contributed by atoms with van der Waals surface area (Å²) in [4.78, 5) is 12.5. The lowest BCUT2D eigenvalue weighted by Gasteiger charge is -2.29. The Bertz CT molecular complexity index is 872. The molecule has 1 saturated heterocycles. The number of piperidine rings is 1. The zero-order chi connectivity index (χ0) is 18.7. The fraction of sp³-hybridized carbons (Fsp3) is 0.412. The smallest absolute Gasteiger partial charge is 0.228 e. The van der Waals surface area contributed by atoms with E-state index < -0.39 is 10.0 Å². The number of halogens is 1. The van der Waals surface area contributed by atoms with E-state index in [1.54, 1.807) is 16.9 Å². The molecule has 0 spiro atoms. The largest absolute Gasteiger partial charge is 0.311 e. The Kier molecular flexibility index (Phi) is 5.79. The quantitative estimate of drug-likeness (QED) is 0.772. The highest BCUT2D eigenvalue weighted by Gasteiger charge is 2.29. The number of nitrogens with one attached hydrogen (secondary N) is 1. The van der Waals surface area contributed by atoms with Crippen LogP contribution in [0.4, 0.5) is 5.82 Å². The van der Waals surface area contributed by atoms with Crippen LogP contribution in [0.1, 0.15) is 18.4 Å². The molecule has 1 amide bonds. The summed E-state index contributed by atoms with van der Waals surface area (Å²) < 4.78 is 27.3. The minimum Gasteiger partial charge on any atom is -0.311 e. The van der Waals surface area contributed by atoms with Gasteiger partial charge in [-0.2, -0.15) is 5.10 Å². The molecule has 26 heavy (non-hydrogen) atoms. The molecule has 1 fully saturated rings. The van der Waals surface area contributed by atoms with Crippen LogP contribution in [-0.2, 0) is 21.4 Å². The number of carbonyl (C=O) groups excluding carboxylic acids is 1. The first kappa shape index (κ1) is 19.1. The standard InChI is InChI=1S/C17H21BrN4O3S/c1-26(24,25)21-10-7-14(8-11-21)17(23)20-16-6-9-19-22(16)12-13-2-4-15(18)5-3-13/h2-6,9,14H,7-8,10-12H2,1H3,(H,20,23). The van der Waals surface area contributed by atoms with Gasteiger partial charge in [-0.15, -0.1) is 0 Å². The molecular weight excluding hydrogens is 420 g/mol. The van der Waals surface area contributed by atoms with Gasteiger partial charge >= 0.3 is 0 Å². The molecule has 1 aromatic heterocycles. The Balaban J connectivity index is 1.60. The molecule has 3 rings (SSSR count). The van der Waals surface area contributed by atoms with Crippen LogP contribution in [0.25, 0.3) is 0 Å². The monoisotopic (exact) mass is 440 g/mol. The van der Waals surface area contributed by atoms with Crippen molar-refractivity contribution in [2.45, 2.75) is 19.4 Å². The van der Waals surface area contributed by atoms with E-state index in [-0.39, 0.29) is 11.8 Å². The molecule has 9 heteroatoms. The average molecular weight is 441 g/mol. The number of rotatable bonds is 5. The molecule has 140 valence electrons. The normalized spacial score (nSPS) is 16.5. The van der Waals surface area contributed by atoms with Crippen LogP contribution in [-0.4, -0.2) is 47.8 Å². The van der Waals surface area contributed by atoms with E-state index in [1.165, 1.54) is 10.6 Å². The molecule has 7 nitrogen and oxygen atoms in total. The number of hydrogen-bond acceptors (Lipinski definition) is 4. The zero-order valence-electron chi connectivity index (χ0n) is 14.4. The molecule has 0 radical (unpaired) electrons. The van der Waals surface area contributed by atoms with Gasteiger partial charge in [-0.3, -0.25) is 4.79 Å². The van der Waals surface area contributed by atoms with Crippen molar-refractivity contribution >= 4 is 37.7 Å². The summed E-state index contributed by atoms with van der Waals surface area (Å²) in [5.74, 6) is 0.364. The maximum absolute atomic E-state index is 12.5. The van der Waals surface area contributed by atoms with Gasteiger partial charge in [0.1, 0.15) is 5.82 Å². The van der Waals surface area contributed by atoms with E-state index >= 15 is 0 Å². The van der Waals surface area contributed by atoms with Crippen molar-refractivity contribution in [1.29, 1.82) is 0 Å². The highest BCUT2D eigenvalue weighted by atomic mass is 79.9. The van der Waals surface area contributed by atoms with Crippen molar-refractivity contribution in [1.82, 2.24) is 14.1 Å². The van der Waals surface area contributed by atoms with E-state index in [1.807, 2.05) is 24.3 Å². The first-order chi connectivity index (χ1) is 12.3. The molecule has 1 N–H and O–H groups in total. The first-order valence-electron chi connectivity index (χ1n) is 8.35. The number of benzene rings is 1. The highest BCUT2D eigenvalue weighted by molar-refractivity contribution is 9.10. The van der Waals surface area contributed by atoms with Crippen molar-refractivity contribution in [2.24, 2.45) is 5.92 Å². The third-order valence-electron chi connectivity index (χ3n) is 4.51. The van der Waals surface area contributed by atoms with E-state index in [0.29, 0.717) is 38.3 Å². The number of nitrogens with zero attached hydrogens (tertiary/aromatic N) is 3. The fourth-order valence-corrected chi connectivity index (χ4v) is 4.14. The van der Waals surface area contributed by atoms with Crippen molar-refractivity contribution in [3.05, 3.63) is 46.6 Å². The summed E-state index contributed by atoms with van der Waals surface area (Å²) >= 11 is 3.41. The number of hydrogen-bond donors (Lipinski definition) is 1. The summed E-state index contributed by atoms with van der Waals surface area (Å²) in [7, 11) is -3.19. The van der Waals surface area contributed by atoms with Crippen LogP contribution in [0.15, 0.2) is 41.0 Å². The molecule has 0 bridgehead atoms. The van der Waals surface area contributed by atoms with E-state index in [0.717, 1.165) is 10.0 Å². The summed E-state index contributed by atoms with van der Waals surface area (Å²) in [5, 5.41) is 7.21. The van der Waals surface area contributed by atoms with Crippen molar-refractivity contribution in [3.63, 3.8) is 0 Å². The SMILES string of the molecule is CS(=O)(=O)N1CCC(C(=O)Nc2ccnn2Cc2ccc(Br)cc2)CC1. The Hall–Kier alpha value is -1.71. The average Bonchev–Trinajstić information content (AvgIpc) is 3.03. The first-order valence-corrected chi connectivity index (χ1v) is 11.0. The summed E-state index contributed by atoms with van der Waals surface area (Å²) in [6, 6.07) is 9.69. The van der Waals surface area contributed by atoms with Gasteiger partial charge in [-0.1, -0.05) is 28.1 Å². The van der Waals surface area contributed by atoms with Crippen LogP contribution in [0, 0.1) is 5.92 Å². The molecule has 1 aliphatic rings. The maximum Gasteiger partial charge on any atom is 0.228 e. The van der Waals surface area contributed by atoms with E-state index in [2.05, 4.69) is 26.3 Å².